The van der Waals surface area contributed by atoms with Gasteiger partial charge in [0.25, 0.3) is 0 Å². The molecule has 5 heteroatoms. The van der Waals surface area contributed by atoms with Crippen LogP contribution in [0.25, 0.3) is 0 Å². The molecule has 1 N–H and O–H groups in total. The zero-order valence-electron chi connectivity index (χ0n) is 11.2. The first-order chi connectivity index (χ1) is 8.97. The van der Waals surface area contributed by atoms with Crippen molar-refractivity contribution in [1.29, 1.82) is 0 Å². The Balaban J connectivity index is 2.67. The number of aliphatic carboxylic acids is 1. The molecule has 0 aromatic heterocycles. The lowest BCUT2D eigenvalue weighted by atomic mass is 9.63. The molecule has 1 aromatic rings. The van der Waals surface area contributed by atoms with Gasteiger partial charge < -0.3 is 14.6 Å². The molecule has 0 spiro atoms. The zero-order chi connectivity index (χ0) is 14.2. The predicted molar refractivity (Wildman–Crippen MR) is 72.5 cm³/mol. The minimum atomic E-state index is -0.874. The molecular weight excluding hydrogens is 268 g/mol. The summed E-state index contributed by atoms with van der Waals surface area (Å²) in [7, 11) is 3.07. The number of carbonyl (C=O) groups is 1. The largest absolute Gasteiger partial charge is 0.493 e. The van der Waals surface area contributed by atoms with Crippen LogP contribution in [0.3, 0.4) is 0 Å². The molecule has 0 bridgehead atoms. The number of benzene rings is 1. The van der Waals surface area contributed by atoms with Gasteiger partial charge >= 0.3 is 5.97 Å². The number of rotatable bonds is 4. The van der Waals surface area contributed by atoms with Gasteiger partial charge in [-0.15, -0.1) is 0 Å². The summed E-state index contributed by atoms with van der Waals surface area (Å²) in [5.74, 6) is 0.249. The molecule has 1 aromatic carbocycles. The maximum absolute atomic E-state index is 11.6. The fourth-order valence-corrected chi connectivity index (χ4v) is 3.25. The van der Waals surface area contributed by atoms with E-state index in [2.05, 4.69) is 0 Å². The molecule has 1 saturated carbocycles. The number of halogens is 1. The predicted octanol–water partition coefficient (Wildman–Crippen LogP) is 3.17. The molecule has 1 fully saturated rings. The van der Waals surface area contributed by atoms with Crippen LogP contribution < -0.4 is 9.47 Å². The molecule has 2 rings (SSSR count). The van der Waals surface area contributed by atoms with Crippen molar-refractivity contribution < 1.29 is 19.4 Å². The minimum absolute atomic E-state index is 0.428. The van der Waals surface area contributed by atoms with E-state index in [1.54, 1.807) is 6.07 Å². The summed E-state index contributed by atoms with van der Waals surface area (Å²) in [4.78, 5) is 11.6. The molecule has 104 valence electrons. The summed E-state index contributed by atoms with van der Waals surface area (Å²) in [6.45, 7) is 1.82. The Bertz CT molecular complexity index is 521. The third-order valence-electron chi connectivity index (χ3n) is 3.96. The summed E-state index contributed by atoms with van der Waals surface area (Å²) in [5.41, 5.74) is 0.528. The Morgan fingerprint density at radius 3 is 2.37 bits per heavy atom. The third kappa shape index (κ3) is 1.94. The number of hydrogen-bond acceptors (Lipinski definition) is 3. The normalized spacial score (nSPS) is 16.6. The van der Waals surface area contributed by atoms with Crippen molar-refractivity contribution in [2.45, 2.75) is 31.6 Å². The molecule has 0 unspecified atom stereocenters. The number of carboxylic acids is 1. The lowest BCUT2D eigenvalue weighted by molar-refractivity contribution is -0.147. The summed E-state index contributed by atoms with van der Waals surface area (Å²) < 4.78 is 10.6. The molecule has 0 radical (unpaired) electrons. The van der Waals surface area contributed by atoms with Gasteiger partial charge in [0.1, 0.15) is 0 Å². The van der Waals surface area contributed by atoms with Crippen molar-refractivity contribution >= 4 is 17.6 Å². The maximum atomic E-state index is 11.6. The van der Waals surface area contributed by atoms with Crippen LogP contribution in [0.4, 0.5) is 0 Å². The van der Waals surface area contributed by atoms with Gasteiger partial charge in [-0.3, -0.25) is 4.79 Å². The number of ether oxygens (including phenoxy) is 2. The third-order valence-corrected chi connectivity index (χ3v) is 4.25. The molecule has 0 heterocycles. The van der Waals surface area contributed by atoms with Gasteiger partial charge in [0.2, 0.25) is 0 Å². The van der Waals surface area contributed by atoms with Crippen molar-refractivity contribution in [2.24, 2.45) is 0 Å². The average Bonchev–Trinajstić information content (AvgIpc) is 2.30. The molecule has 0 saturated heterocycles. The Morgan fingerprint density at radius 1 is 1.37 bits per heavy atom. The van der Waals surface area contributed by atoms with E-state index >= 15 is 0 Å². The standard InChI is InChI=1S/C14H17ClO4/c1-8-11(14(13(16)17)5-4-6-14)9(15)7-10(18-2)12(8)19-3/h7H,4-6H2,1-3H3,(H,16,17). The van der Waals surface area contributed by atoms with Gasteiger partial charge in [0, 0.05) is 16.7 Å². The van der Waals surface area contributed by atoms with E-state index in [-0.39, 0.29) is 0 Å². The van der Waals surface area contributed by atoms with Crippen LogP contribution >= 0.6 is 11.6 Å². The van der Waals surface area contributed by atoms with E-state index in [1.807, 2.05) is 6.92 Å². The van der Waals surface area contributed by atoms with Gasteiger partial charge in [0.05, 0.1) is 19.6 Å². The van der Waals surface area contributed by atoms with Gasteiger partial charge in [-0.25, -0.2) is 0 Å². The van der Waals surface area contributed by atoms with Crippen LogP contribution in [0.5, 0.6) is 11.5 Å². The van der Waals surface area contributed by atoms with Crippen LogP contribution in [0.1, 0.15) is 30.4 Å². The molecular formula is C14H17ClO4. The number of hydrogen-bond donors (Lipinski definition) is 1. The van der Waals surface area contributed by atoms with Crippen LogP contribution in [0, 0.1) is 6.92 Å². The zero-order valence-corrected chi connectivity index (χ0v) is 12.0. The van der Waals surface area contributed by atoms with E-state index in [4.69, 9.17) is 21.1 Å². The molecule has 0 atom stereocenters. The fraction of sp³-hybridized carbons (Fsp3) is 0.500. The monoisotopic (exact) mass is 284 g/mol. The highest BCUT2D eigenvalue weighted by atomic mass is 35.5. The molecule has 4 nitrogen and oxygen atoms in total. The van der Waals surface area contributed by atoms with Crippen molar-refractivity contribution in [3.05, 3.63) is 22.2 Å². The Morgan fingerprint density at radius 2 is 2.00 bits per heavy atom. The second-order valence-corrected chi connectivity index (χ2v) is 5.24. The smallest absolute Gasteiger partial charge is 0.314 e. The highest BCUT2D eigenvalue weighted by molar-refractivity contribution is 6.32. The first kappa shape index (κ1) is 14.0. The Labute approximate surface area is 117 Å². The molecule has 0 aliphatic heterocycles. The first-order valence-electron chi connectivity index (χ1n) is 6.13. The van der Waals surface area contributed by atoms with Crippen molar-refractivity contribution in [3.63, 3.8) is 0 Å². The number of carboxylic acid groups (broad SMARTS) is 1. The van der Waals surface area contributed by atoms with Crippen LogP contribution in [0.2, 0.25) is 5.02 Å². The van der Waals surface area contributed by atoms with Gasteiger partial charge in [0.15, 0.2) is 11.5 Å². The lowest BCUT2D eigenvalue weighted by Gasteiger charge is -2.40. The molecule has 0 amide bonds. The van der Waals surface area contributed by atoms with E-state index in [1.165, 1.54) is 14.2 Å². The number of methoxy groups -OCH3 is 2. The van der Waals surface area contributed by atoms with E-state index < -0.39 is 11.4 Å². The van der Waals surface area contributed by atoms with Crippen molar-refractivity contribution in [2.75, 3.05) is 14.2 Å². The molecule has 19 heavy (non-hydrogen) atoms. The van der Waals surface area contributed by atoms with Gasteiger partial charge in [-0.05, 0) is 25.3 Å². The van der Waals surface area contributed by atoms with Crippen LogP contribution in [-0.2, 0) is 10.2 Å². The summed E-state index contributed by atoms with van der Waals surface area (Å²) in [6.07, 6.45) is 2.12. The SMILES string of the molecule is COc1cc(Cl)c(C2(C(=O)O)CCC2)c(C)c1OC. The highest BCUT2D eigenvalue weighted by Gasteiger charge is 2.48. The maximum Gasteiger partial charge on any atom is 0.314 e. The van der Waals surface area contributed by atoms with E-state index in [0.29, 0.717) is 34.9 Å². The first-order valence-corrected chi connectivity index (χ1v) is 6.50. The Kier molecular flexibility index (Phi) is 3.63. The highest BCUT2D eigenvalue weighted by Crippen LogP contribution is 2.51. The van der Waals surface area contributed by atoms with Crippen LogP contribution in [0.15, 0.2) is 6.07 Å². The Hall–Kier alpha value is -1.42. The quantitative estimate of drug-likeness (QED) is 0.923. The second-order valence-electron chi connectivity index (χ2n) is 4.83. The second kappa shape index (κ2) is 4.93. The van der Waals surface area contributed by atoms with Gasteiger partial charge in [-0.2, -0.15) is 0 Å². The fourth-order valence-electron chi connectivity index (χ4n) is 2.82. The van der Waals surface area contributed by atoms with Gasteiger partial charge in [-0.1, -0.05) is 18.0 Å². The summed E-state index contributed by atoms with van der Waals surface area (Å²) >= 11 is 6.28. The lowest BCUT2D eigenvalue weighted by Crippen LogP contribution is -2.43. The minimum Gasteiger partial charge on any atom is -0.493 e. The summed E-state index contributed by atoms with van der Waals surface area (Å²) in [5, 5.41) is 9.97. The van der Waals surface area contributed by atoms with Crippen molar-refractivity contribution in [1.82, 2.24) is 0 Å². The summed E-state index contributed by atoms with van der Waals surface area (Å²) in [6, 6.07) is 1.63. The van der Waals surface area contributed by atoms with E-state index in [0.717, 1.165) is 12.0 Å². The van der Waals surface area contributed by atoms with Crippen LogP contribution in [-0.4, -0.2) is 25.3 Å². The average molecular weight is 285 g/mol. The molecule has 1 aliphatic rings. The molecule has 1 aliphatic carbocycles. The van der Waals surface area contributed by atoms with E-state index in [9.17, 15) is 9.90 Å². The van der Waals surface area contributed by atoms with Crippen molar-refractivity contribution in [3.8, 4) is 11.5 Å². The topological polar surface area (TPSA) is 55.8 Å².